The van der Waals surface area contributed by atoms with Crippen LogP contribution in [-0.4, -0.2) is 16.3 Å². The van der Waals surface area contributed by atoms with Crippen LogP contribution in [0.2, 0.25) is 0 Å². The molecule has 0 saturated carbocycles. The summed E-state index contributed by atoms with van der Waals surface area (Å²) in [4.78, 5) is 0. The second-order valence-corrected chi connectivity index (χ2v) is 4.61. The maximum absolute atomic E-state index is 9.77. The molecule has 3 N–H and O–H groups in total. The van der Waals surface area contributed by atoms with Crippen LogP contribution in [0, 0.1) is 0 Å². The first kappa shape index (κ1) is 12.0. The molecule has 0 saturated heterocycles. The number of hydrogen-bond donors (Lipinski definition) is 3. The number of phenolic OH excluding ortho intramolecular Hbond substituents is 2. The van der Waals surface area contributed by atoms with Gasteiger partial charge in [0.25, 0.3) is 0 Å². The van der Waals surface area contributed by atoms with Crippen molar-refractivity contribution in [3.63, 3.8) is 0 Å². The van der Waals surface area contributed by atoms with Gasteiger partial charge < -0.3 is 15.5 Å². The fourth-order valence-corrected chi connectivity index (χ4v) is 2.28. The largest absolute Gasteiger partial charge is 0.508 e. The van der Waals surface area contributed by atoms with Crippen LogP contribution in [0.25, 0.3) is 0 Å². The Morgan fingerprint density at radius 3 is 2.82 bits per heavy atom. The lowest BCUT2D eigenvalue weighted by atomic mass is 9.99. The van der Waals surface area contributed by atoms with Gasteiger partial charge in [0.1, 0.15) is 11.5 Å². The Labute approximate surface area is 102 Å². The van der Waals surface area contributed by atoms with Crippen molar-refractivity contribution in [2.75, 3.05) is 0 Å². The van der Waals surface area contributed by atoms with E-state index in [-0.39, 0.29) is 17.5 Å². The SMILES string of the molecule is CC(NC1CC=CCC1)c1cc(O)ccc1O. The molecule has 17 heavy (non-hydrogen) atoms. The van der Waals surface area contributed by atoms with Crippen molar-refractivity contribution in [2.45, 2.75) is 38.3 Å². The summed E-state index contributed by atoms with van der Waals surface area (Å²) in [5.74, 6) is 0.421. The number of benzene rings is 1. The predicted molar refractivity (Wildman–Crippen MR) is 68.1 cm³/mol. The van der Waals surface area contributed by atoms with Gasteiger partial charge in [-0.3, -0.25) is 0 Å². The Morgan fingerprint density at radius 2 is 2.12 bits per heavy atom. The van der Waals surface area contributed by atoms with Gasteiger partial charge in [-0.05, 0) is 44.4 Å². The van der Waals surface area contributed by atoms with Gasteiger partial charge in [0.05, 0.1) is 0 Å². The zero-order valence-corrected chi connectivity index (χ0v) is 10.1. The summed E-state index contributed by atoms with van der Waals surface area (Å²) >= 11 is 0. The number of nitrogens with one attached hydrogen (secondary N) is 1. The predicted octanol–water partition coefficient (Wildman–Crippen LogP) is 2.86. The molecule has 0 bridgehead atoms. The van der Waals surface area contributed by atoms with Crippen LogP contribution in [0.5, 0.6) is 11.5 Å². The minimum absolute atomic E-state index is 0.0404. The quantitative estimate of drug-likeness (QED) is 0.556. The summed E-state index contributed by atoms with van der Waals surface area (Å²) in [6, 6.07) is 5.14. The molecule has 3 heteroatoms. The normalized spacial score (nSPS) is 21.4. The van der Waals surface area contributed by atoms with Gasteiger partial charge >= 0.3 is 0 Å². The molecule has 1 aliphatic rings. The lowest BCUT2D eigenvalue weighted by molar-refractivity contribution is 0.403. The van der Waals surface area contributed by atoms with Crippen LogP contribution in [0.4, 0.5) is 0 Å². The topological polar surface area (TPSA) is 52.5 Å². The highest BCUT2D eigenvalue weighted by molar-refractivity contribution is 5.40. The fourth-order valence-electron chi connectivity index (χ4n) is 2.28. The molecule has 92 valence electrons. The first-order valence-corrected chi connectivity index (χ1v) is 6.09. The number of phenols is 2. The minimum atomic E-state index is 0.0404. The summed E-state index contributed by atoms with van der Waals surface area (Å²) in [6.45, 7) is 2.01. The molecule has 3 nitrogen and oxygen atoms in total. The van der Waals surface area contributed by atoms with E-state index >= 15 is 0 Å². The molecule has 0 heterocycles. The summed E-state index contributed by atoms with van der Waals surface area (Å²) in [7, 11) is 0. The highest BCUT2D eigenvalue weighted by Crippen LogP contribution is 2.28. The van der Waals surface area contributed by atoms with E-state index in [9.17, 15) is 10.2 Å². The Morgan fingerprint density at radius 1 is 1.29 bits per heavy atom. The van der Waals surface area contributed by atoms with Crippen LogP contribution in [0.15, 0.2) is 30.4 Å². The van der Waals surface area contributed by atoms with E-state index in [1.165, 1.54) is 12.1 Å². The standard InChI is InChI=1S/C14H19NO2/c1-10(15-11-5-3-2-4-6-11)13-9-12(16)7-8-14(13)17/h2-3,7-11,15-17H,4-6H2,1H3. The second-order valence-electron chi connectivity index (χ2n) is 4.61. The van der Waals surface area contributed by atoms with Crippen LogP contribution in [-0.2, 0) is 0 Å². The van der Waals surface area contributed by atoms with Crippen molar-refractivity contribution in [1.82, 2.24) is 5.32 Å². The average Bonchev–Trinajstić information content (AvgIpc) is 2.33. The lowest BCUT2D eigenvalue weighted by Crippen LogP contribution is -2.32. The maximum Gasteiger partial charge on any atom is 0.120 e. The molecular formula is C14H19NO2. The van der Waals surface area contributed by atoms with Crippen LogP contribution in [0.1, 0.15) is 37.8 Å². The molecule has 0 aliphatic heterocycles. The van der Waals surface area contributed by atoms with Crippen molar-refractivity contribution >= 4 is 0 Å². The van der Waals surface area contributed by atoms with Crippen LogP contribution < -0.4 is 5.32 Å². The maximum atomic E-state index is 9.77. The van der Waals surface area contributed by atoms with E-state index < -0.39 is 0 Å². The van der Waals surface area contributed by atoms with Gasteiger partial charge in [0.2, 0.25) is 0 Å². The zero-order chi connectivity index (χ0) is 12.3. The molecule has 0 aromatic heterocycles. The minimum Gasteiger partial charge on any atom is -0.508 e. The molecule has 2 unspecified atom stereocenters. The van der Waals surface area contributed by atoms with Crippen molar-refractivity contribution in [3.05, 3.63) is 35.9 Å². The molecule has 0 spiro atoms. The second kappa shape index (κ2) is 5.23. The Balaban J connectivity index is 2.05. The summed E-state index contributed by atoms with van der Waals surface area (Å²) in [5, 5.41) is 22.7. The van der Waals surface area contributed by atoms with Gasteiger partial charge in [-0.2, -0.15) is 0 Å². The van der Waals surface area contributed by atoms with E-state index in [2.05, 4.69) is 17.5 Å². The van der Waals surface area contributed by atoms with E-state index in [0.717, 1.165) is 24.8 Å². The number of hydrogen-bond acceptors (Lipinski definition) is 3. The lowest BCUT2D eigenvalue weighted by Gasteiger charge is -2.24. The molecule has 0 amide bonds. The molecule has 0 radical (unpaired) electrons. The van der Waals surface area contributed by atoms with Crippen molar-refractivity contribution in [2.24, 2.45) is 0 Å². The molecule has 2 atom stereocenters. The van der Waals surface area contributed by atoms with E-state index in [1.54, 1.807) is 6.07 Å². The summed E-state index contributed by atoms with van der Waals surface area (Å²) in [5.41, 5.74) is 0.750. The Kier molecular flexibility index (Phi) is 3.69. The molecule has 0 fully saturated rings. The fraction of sp³-hybridized carbons (Fsp3) is 0.429. The molecule has 1 aromatic rings. The molecule has 1 aliphatic carbocycles. The number of allylic oxidation sites excluding steroid dienone is 1. The van der Waals surface area contributed by atoms with E-state index in [0.29, 0.717) is 6.04 Å². The van der Waals surface area contributed by atoms with Crippen LogP contribution >= 0.6 is 0 Å². The average molecular weight is 233 g/mol. The van der Waals surface area contributed by atoms with Crippen molar-refractivity contribution in [3.8, 4) is 11.5 Å². The van der Waals surface area contributed by atoms with E-state index in [1.807, 2.05) is 6.92 Å². The Hall–Kier alpha value is -1.48. The highest BCUT2D eigenvalue weighted by Gasteiger charge is 2.16. The van der Waals surface area contributed by atoms with Gasteiger partial charge in [0, 0.05) is 17.6 Å². The first-order chi connectivity index (χ1) is 8.16. The van der Waals surface area contributed by atoms with E-state index in [4.69, 9.17) is 0 Å². The monoisotopic (exact) mass is 233 g/mol. The molecule has 1 aromatic carbocycles. The summed E-state index contributed by atoms with van der Waals surface area (Å²) < 4.78 is 0. The third kappa shape index (κ3) is 3.01. The molecular weight excluding hydrogens is 214 g/mol. The van der Waals surface area contributed by atoms with Gasteiger partial charge in [-0.25, -0.2) is 0 Å². The third-order valence-corrected chi connectivity index (χ3v) is 3.23. The third-order valence-electron chi connectivity index (χ3n) is 3.23. The number of rotatable bonds is 3. The van der Waals surface area contributed by atoms with Crippen molar-refractivity contribution < 1.29 is 10.2 Å². The van der Waals surface area contributed by atoms with Crippen molar-refractivity contribution in [1.29, 1.82) is 0 Å². The zero-order valence-electron chi connectivity index (χ0n) is 10.1. The van der Waals surface area contributed by atoms with Crippen LogP contribution in [0.3, 0.4) is 0 Å². The van der Waals surface area contributed by atoms with Gasteiger partial charge in [0.15, 0.2) is 0 Å². The first-order valence-electron chi connectivity index (χ1n) is 6.09. The Bertz CT molecular complexity index is 415. The smallest absolute Gasteiger partial charge is 0.120 e. The molecule has 2 rings (SSSR count). The van der Waals surface area contributed by atoms with Gasteiger partial charge in [-0.1, -0.05) is 12.2 Å². The highest BCUT2D eigenvalue weighted by atomic mass is 16.3. The summed E-state index contributed by atoms with van der Waals surface area (Å²) in [6.07, 6.45) is 7.66. The number of aromatic hydroxyl groups is 2. The van der Waals surface area contributed by atoms with Gasteiger partial charge in [-0.15, -0.1) is 0 Å².